The van der Waals surface area contributed by atoms with Crippen LogP contribution in [0.1, 0.15) is 6.42 Å². The van der Waals surface area contributed by atoms with Crippen molar-refractivity contribution in [1.82, 2.24) is 9.97 Å². The Balaban J connectivity index is 2.59. The SMILES string of the molecule is CN(C)c1cc(Br)cc2nc(N)nc(NCCCO)c12. The van der Waals surface area contributed by atoms with E-state index in [1.165, 1.54) is 0 Å². The third kappa shape index (κ3) is 3.10. The van der Waals surface area contributed by atoms with Gasteiger partial charge in [-0.3, -0.25) is 0 Å². The van der Waals surface area contributed by atoms with Crippen molar-refractivity contribution < 1.29 is 5.11 Å². The zero-order valence-electron chi connectivity index (χ0n) is 11.5. The molecule has 0 fully saturated rings. The largest absolute Gasteiger partial charge is 0.396 e. The Morgan fingerprint density at radius 3 is 2.75 bits per heavy atom. The lowest BCUT2D eigenvalue weighted by Gasteiger charge is -2.18. The Kier molecular flexibility index (Phi) is 4.61. The fourth-order valence-corrected chi connectivity index (χ4v) is 2.43. The number of fused-ring (bicyclic) bond motifs is 1. The summed E-state index contributed by atoms with van der Waals surface area (Å²) < 4.78 is 0.938. The number of benzene rings is 1. The van der Waals surface area contributed by atoms with Crippen LogP contribution in [-0.4, -0.2) is 42.3 Å². The molecular weight excluding hydrogens is 322 g/mol. The smallest absolute Gasteiger partial charge is 0.222 e. The standard InChI is InChI=1S/C13H18BrN5O/c1-19(2)10-7-8(14)6-9-11(10)12(16-4-3-5-20)18-13(15)17-9/h6-7,20H,3-5H2,1-2H3,(H3,15,16,17,18). The van der Waals surface area contributed by atoms with Gasteiger partial charge in [0.15, 0.2) is 0 Å². The lowest BCUT2D eigenvalue weighted by atomic mass is 10.1. The van der Waals surface area contributed by atoms with Crippen molar-refractivity contribution in [2.24, 2.45) is 0 Å². The molecule has 2 rings (SSSR count). The first kappa shape index (κ1) is 14.8. The number of hydrogen-bond donors (Lipinski definition) is 3. The molecule has 0 saturated carbocycles. The van der Waals surface area contributed by atoms with Crippen LogP contribution in [0, 0.1) is 0 Å². The maximum Gasteiger partial charge on any atom is 0.222 e. The molecule has 0 amide bonds. The van der Waals surface area contributed by atoms with Crippen molar-refractivity contribution in [2.75, 3.05) is 43.2 Å². The topological polar surface area (TPSA) is 87.3 Å². The summed E-state index contributed by atoms with van der Waals surface area (Å²) in [5.74, 6) is 0.920. The van der Waals surface area contributed by atoms with Gasteiger partial charge in [-0.1, -0.05) is 15.9 Å². The fraction of sp³-hybridized carbons (Fsp3) is 0.385. The third-order valence-corrected chi connectivity index (χ3v) is 3.33. The number of rotatable bonds is 5. The lowest BCUT2D eigenvalue weighted by Crippen LogP contribution is -2.13. The molecule has 1 aromatic heterocycles. The summed E-state index contributed by atoms with van der Waals surface area (Å²) in [7, 11) is 3.93. The zero-order valence-corrected chi connectivity index (χ0v) is 13.1. The number of aliphatic hydroxyl groups is 1. The minimum Gasteiger partial charge on any atom is -0.396 e. The van der Waals surface area contributed by atoms with Crippen LogP contribution in [0.25, 0.3) is 10.9 Å². The highest BCUT2D eigenvalue weighted by Gasteiger charge is 2.13. The van der Waals surface area contributed by atoms with Crippen molar-refractivity contribution in [2.45, 2.75) is 6.42 Å². The predicted molar refractivity (Wildman–Crippen MR) is 86.2 cm³/mol. The van der Waals surface area contributed by atoms with E-state index in [-0.39, 0.29) is 12.6 Å². The first-order valence-electron chi connectivity index (χ1n) is 6.31. The average Bonchev–Trinajstić information content (AvgIpc) is 2.37. The summed E-state index contributed by atoms with van der Waals surface area (Å²) in [4.78, 5) is 10.6. The van der Waals surface area contributed by atoms with Gasteiger partial charge in [0.05, 0.1) is 16.6 Å². The number of nitrogens with zero attached hydrogens (tertiary/aromatic N) is 3. The van der Waals surface area contributed by atoms with Gasteiger partial charge in [0.25, 0.3) is 0 Å². The van der Waals surface area contributed by atoms with Crippen LogP contribution >= 0.6 is 15.9 Å². The Hall–Kier alpha value is -1.60. The maximum atomic E-state index is 8.88. The van der Waals surface area contributed by atoms with E-state index < -0.39 is 0 Å². The summed E-state index contributed by atoms with van der Waals surface area (Å²) in [5, 5.41) is 13.0. The molecule has 0 saturated heterocycles. The second kappa shape index (κ2) is 6.23. The van der Waals surface area contributed by atoms with Gasteiger partial charge in [0, 0.05) is 31.7 Å². The van der Waals surface area contributed by atoms with Crippen molar-refractivity contribution in [3.63, 3.8) is 0 Å². The van der Waals surface area contributed by atoms with Crippen molar-refractivity contribution >= 4 is 44.3 Å². The molecule has 108 valence electrons. The van der Waals surface area contributed by atoms with E-state index >= 15 is 0 Å². The number of nitrogen functional groups attached to an aromatic ring is 1. The number of hydrogen-bond acceptors (Lipinski definition) is 6. The minimum absolute atomic E-state index is 0.136. The Morgan fingerprint density at radius 1 is 1.35 bits per heavy atom. The van der Waals surface area contributed by atoms with E-state index in [2.05, 4.69) is 31.2 Å². The molecule has 6 nitrogen and oxygen atoms in total. The summed E-state index contributed by atoms with van der Waals surface area (Å²) in [6, 6.07) is 3.93. The normalized spacial score (nSPS) is 10.8. The van der Waals surface area contributed by atoms with Crippen LogP contribution < -0.4 is 16.0 Å². The molecule has 0 bridgehead atoms. The molecule has 2 aromatic rings. The van der Waals surface area contributed by atoms with Gasteiger partial charge in [-0.05, 0) is 18.6 Å². The number of halogens is 1. The molecule has 7 heteroatoms. The number of nitrogens with two attached hydrogens (primary N) is 1. The molecule has 0 aliphatic carbocycles. The Morgan fingerprint density at radius 2 is 2.10 bits per heavy atom. The molecule has 20 heavy (non-hydrogen) atoms. The minimum atomic E-state index is 0.136. The second-order valence-corrected chi connectivity index (χ2v) is 5.56. The summed E-state index contributed by atoms with van der Waals surface area (Å²) >= 11 is 3.48. The van der Waals surface area contributed by atoms with Crippen molar-refractivity contribution in [3.05, 3.63) is 16.6 Å². The fourth-order valence-electron chi connectivity index (χ4n) is 1.99. The zero-order chi connectivity index (χ0) is 14.7. The summed E-state index contributed by atoms with van der Waals surface area (Å²) in [6.45, 7) is 0.766. The second-order valence-electron chi connectivity index (χ2n) is 4.65. The highest BCUT2D eigenvalue weighted by Crippen LogP contribution is 2.33. The Labute approximate surface area is 126 Å². The number of aliphatic hydroxyl groups excluding tert-OH is 1. The van der Waals surface area contributed by atoms with Crippen LogP contribution in [0.4, 0.5) is 17.5 Å². The molecular formula is C13H18BrN5O. The van der Waals surface area contributed by atoms with E-state index in [1.807, 2.05) is 31.1 Å². The highest BCUT2D eigenvalue weighted by atomic mass is 79.9. The van der Waals surface area contributed by atoms with Gasteiger partial charge in [0.2, 0.25) is 5.95 Å². The number of anilines is 3. The van der Waals surface area contributed by atoms with Gasteiger partial charge in [-0.2, -0.15) is 4.98 Å². The van der Waals surface area contributed by atoms with Gasteiger partial charge >= 0.3 is 0 Å². The third-order valence-electron chi connectivity index (χ3n) is 2.87. The Bertz CT molecular complexity index is 612. The van der Waals surface area contributed by atoms with E-state index in [0.717, 1.165) is 21.1 Å². The molecule has 0 aliphatic rings. The average molecular weight is 340 g/mol. The van der Waals surface area contributed by atoms with Crippen LogP contribution in [0.15, 0.2) is 16.6 Å². The molecule has 4 N–H and O–H groups in total. The van der Waals surface area contributed by atoms with Gasteiger partial charge in [0.1, 0.15) is 5.82 Å². The van der Waals surface area contributed by atoms with Gasteiger partial charge in [-0.25, -0.2) is 4.98 Å². The quantitative estimate of drug-likeness (QED) is 0.720. The van der Waals surface area contributed by atoms with E-state index in [9.17, 15) is 0 Å². The monoisotopic (exact) mass is 339 g/mol. The summed E-state index contributed by atoms with van der Waals surface area (Å²) in [5.41, 5.74) is 7.55. The molecule has 1 aromatic carbocycles. The van der Waals surface area contributed by atoms with E-state index in [4.69, 9.17) is 10.8 Å². The maximum absolute atomic E-state index is 8.88. The van der Waals surface area contributed by atoms with Crippen molar-refractivity contribution in [3.8, 4) is 0 Å². The van der Waals surface area contributed by atoms with Crippen LogP contribution in [0.5, 0.6) is 0 Å². The predicted octanol–water partition coefficient (Wildman–Crippen LogP) is 1.83. The number of aromatic nitrogens is 2. The van der Waals surface area contributed by atoms with E-state index in [0.29, 0.717) is 18.8 Å². The first-order chi connectivity index (χ1) is 9.52. The molecule has 0 atom stereocenters. The highest BCUT2D eigenvalue weighted by molar-refractivity contribution is 9.10. The molecule has 0 radical (unpaired) electrons. The molecule has 0 unspecified atom stereocenters. The number of nitrogens with one attached hydrogen (secondary N) is 1. The molecule has 0 aliphatic heterocycles. The van der Waals surface area contributed by atoms with Crippen LogP contribution in [0.3, 0.4) is 0 Å². The first-order valence-corrected chi connectivity index (χ1v) is 7.11. The van der Waals surface area contributed by atoms with E-state index in [1.54, 1.807) is 0 Å². The van der Waals surface area contributed by atoms with Crippen LogP contribution in [0.2, 0.25) is 0 Å². The van der Waals surface area contributed by atoms with Crippen LogP contribution in [-0.2, 0) is 0 Å². The molecule has 0 spiro atoms. The van der Waals surface area contributed by atoms with Gasteiger partial charge in [-0.15, -0.1) is 0 Å². The summed E-state index contributed by atoms with van der Waals surface area (Å²) in [6.07, 6.45) is 0.652. The molecule has 1 heterocycles. The van der Waals surface area contributed by atoms with Gasteiger partial charge < -0.3 is 21.1 Å². The lowest BCUT2D eigenvalue weighted by molar-refractivity contribution is 0.292. The van der Waals surface area contributed by atoms with Crippen molar-refractivity contribution in [1.29, 1.82) is 0 Å².